The number of nitrogens with zero attached hydrogens (tertiary/aromatic N) is 3. The third-order valence-corrected chi connectivity index (χ3v) is 3.90. The van der Waals surface area contributed by atoms with Gasteiger partial charge in [0.15, 0.2) is 0 Å². The number of nitro groups is 1. The first-order valence-corrected chi connectivity index (χ1v) is 7.71. The minimum absolute atomic E-state index is 0.000859. The molecule has 0 saturated carbocycles. The zero-order valence-electron chi connectivity index (χ0n) is 14.1. The third-order valence-electron chi connectivity index (χ3n) is 3.90. The summed E-state index contributed by atoms with van der Waals surface area (Å²) in [5.41, 5.74) is 2.03. The molecule has 3 aromatic rings. The number of hydrogen-bond acceptors (Lipinski definition) is 7. The zero-order chi connectivity index (χ0) is 18.7. The van der Waals surface area contributed by atoms with Crippen molar-refractivity contribution in [3.63, 3.8) is 0 Å². The number of ether oxygens (including phenoxy) is 2. The van der Waals surface area contributed by atoms with Gasteiger partial charge >= 0.3 is 11.8 Å². The smallest absolute Gasteiger partial charge is 0.406 e. The maximum atomic E-state index is 12.2. The van der Waals surface area contributed by atoms with Gasteiger partial charge in [0.25, 0.3) is 0 Å². The van der Waals surface area contributed by atoms with Crippen LogP contribution in [0.1, 0.15) is 21.6 Å². The van der Waals surface area contributed by atoms with Crippen LogP contribution < -0.4 is 4.74 Å². The van der Waals surface area contributed by atoms with Crippen molar-refractivity contribution in [1.82, 2.24) is 9.97 Å². The Labute approximate surface area is 148 Å². The summed E-state index contributed by atoms with van der Waals surface area (Å²) in [7, 11) is 1.29. The summed E-state index contributed by atoms with van der Waals surface area (Å²) in [4.78, 5) is 30.8. The van der Waals surface area contributed by atoms with Gasteiger partial charge < -0.3 is 19.6 Å². The van der Waals surface area contributed by atoms with E-state index in [1.165, 1.54) is 25.4 Å². The quantitative estimate of drug-likeness (QED) is 0.394. The minimum Gasteiger partial charge on any atom is -0.479 e. The summed E-state index contributed by atoms with van der Waals surface area (Å²) < 4.78 is 10.4. The number of esters is 1. The van der Waals surface area contributed by atoms with E-state index >= 15 is 0 Å². The first kappa shape index (κ1) is 17.3. The first-order valence-electron chi connectivity index (χ1n) is 7.71. The molecule has 0 bridgehead atoms. The number of aryl methyl sites for hydroxylation is 1. The third kappa shape index (κ3) is 3.16. The molecule has 2 heterocycles. The van der Waals surface area contributed by atoms with Crippen LogP contribution in [0.15, 0.2) is 42.6 Å². The average molecular weight is 353 g/mol. The van der Waals surface area contributed by atoms with E-state index in [0.29, 0.717) is 16.8 Å². The normalized spacial score (nSPS) is 10.5. The Morgan fingerprint density at radius 3 is 2.73 bits per heavy atom. The molecule has 0 aliphatic rings. The van der Waals surface area contributed by atoms with Crippen LogP contribution >= 0.6 is 0 Å². The fourth-order valence-corrected chi connectivity index (χ4v) is 2.70. The maximum absolute atomic E-state index is 12.2. The van der Waals surface area contributed by atoms with Gasteiger partial charge in [0.1, 0.15) is 12.8 Å². The number of rotatable bonds is 5. The molecule has 8 heteroatoms. The van der Waals surface area contributed by atoms with Gasteiger partial charge in [-0.25, -0.2) is 9.78 Å². The number of pyridine rings is 2. The van der Waals surface area contributed by atoms with Crippen LogP contribution in [0, 0.1) is 17.0 Å². The van der Waals surface area contributed by atoms with Crippen LogP contribution in [-0.2, 0) is 11.3 Å². The number of aromatic nitrogens is 2. The number of carbonyl (C=O) groups excluding carboxylic acids is 1. The van der Waals surface area contributed by atoms with Crippen molar-refractivity contribution in [3.05, 3.63) is 69.5 Å². The van der Waals surface area contributed by atoms with Gasteiger partial charge in [-0.1, -0.05) is 18.2 Å². The van der Waals surface area contributed by atoms with Crippen molar-refractivity contribution in [2.24, 2.45) is 0 Å². The second-order valence-electron chi connectivity index (χ2n) is 5.44. The Hall–Kier alpha value is -3.55. The Morgan fingerprint density at radius 2 is 2.00 bits per heavy atom. The number of carbonyl (C=O) groups is 1. The summed E-state index contributed by atoms with van der Waals surface area (Å²) >= 11 is 0. The van der Waals surface area contributed by atoms with Gasteiger partial charge in [-0.2, -0.15) is 0 Å². The van der Waals surface area contributed by atoms with Crippen molar-refractivity contribution in [3.8, 4) is 5.75 Å². The van der Waals surface area contributed by atoms with Gasteiger partial charge in [-0.05, 0) is 40.6 Å². The van der Waals surface area contributed by atoms with Crippen molar-refractivity contribution in [1.29, 1.82) is 0 Å². The van der Waals surface area contributed by atoms with Crippen LogP contribution in [0.4, 0.5) is 5.82 Å². The summed E-state index contributed by atoms with van der Waals surface area (Å²) in [5, 5.41) is 11.9. The lowest BCUT2D eigenvalue weighted by Crippen LogP contribution is -2.13. The molecule has 0 aliphatic heterocycles. The Kier molecular flexibility index (Phi) is 4.74. The molecule has 1 aromatic carbocycles. The highest BCUT2D eigenvalue weighted by Crippen LogP contribution is 2.27. The van der Waals surface area contributed by atoms with Crippen LogP contribution in [0.5, 0.6) is 5.75 Å². The van der Waals surface area contributed by atoms with Crippen molar-refractivity contribution in [2.75, 3.05) is 7.11 Å². The molecule has 0 aliphatic carbocycles. The predicted molar refractivity (Wildman–Crippen MR) is 93.0 cm³/mol. The molecule has 0 spiro atoms. The monoisotopic (exact) mass is 353 g/mol. The van der Waals surface area contributed by atoms with E-state index < -0.39 is 16.7 Å². The molecular formula is C18H15N3O5. The molecular weight excluding hydrogens is 338 g/mol. The van der Waals surface area contributed by atoms with Gasteiger partial charge in [0.2, 0.25) is 5.75 Å². The van der Waals surface area contributed by atoms with Crippen molar-refractivity contribution < 1.29 is 19.2 Å². The standard InChI is InChI=1S/C18H15N3O5/c1-11-12-6-3-4-7-13(12)20-14(16(11)18(22)25-2)10-26-15-8-5-9-19-17(15)21(23)24/h3-9H,10H2,1-2H3. The molecule has 26 heavy (non-hydrogen) atoms. The van der Waals surface area contributed by atoms with Crippen LogP contribution in [0.2, 0.25) is 0 Å². The van der Waals surface area contributed by atoms with E-state index in [4.69, 9.17) is 9.47 Å². The molecule has 2 aromatic heterocycles. The number of para-hydroxylation sites is 1. The molecule has 3 rings (SSSR count). The molecule has 0 atom stereocenters. The maximum Gasteiger partial charge on any atom is 0.406 e. The first-order chi connectivity index (χ1) is 12.5. The van der Waals surface area contributed by atoms with E-state index in [9.17, 15) is 14.9 Å². The lowest BCUT2D eigenvalue weighted by atomic mass is 10.0. The van der Waals surface area contributed by atoms with E-state index in [2.05, 4.69) is 9.97 Å². The molecule has 0 fully saturated rings. The van der Waals surface area contributed by atoms with E-state index in [1.807, 2.05) is 24.3 Å². The highest BCUT2D eigenvalue weighted by Gasteiger charge is 2.21. The van der Waals surface area contributed by atoms with Crippen molar-refractivity contribution >= 4 is 22.7 Å². The number of methoxy groups -OCH3 is 1. The second-order valence-corrected chi connectivity index (χ2v) is 5.44. The number of hydrogen-bond donors (Lipinski definition) is 0. The zero-order valence-corrected chi connectivity index (χ0v) is 14.1. The molecule has 8 nitrogen and oxygen atoms in total. The molecule has 0 N–H and O–H groups in total. The van der Waals surface area contributed by atoms with E-state index in [0.717, 1.165) is 5.39 Å². The van der Waals surface area contributed by atoms with Crippen LogP contribution in [-0.4, -0.2) is 28.0 Å². The van der Waals surface area contributed by atoms with E-state index in [-0.39, 0.29) is 17.9 Å². The average Bonchev–Trinajstić information content (AvgIpc) is 2.66. The predicted octanol–water partition coefficient (Wildman–Crippen LogP) is 3.21. The molecule has 0 saturated heterocycles. The SMILES string of the molecule is COC(=O)c1c(COc2cccnc2[N+](=O)[O-])nc2ccccc2c1C. The van der Waals surface area contributed by atoms with Gasteiger partial charge in [0.05, 0.1) is 23.9 Å². The highest BCUT2D eigenvalue weighted by molar-refractivity contribution is 5.98. The lowest BCUT2D eigenvalue weighted by Gasteiger charge is -2.13. The minimum atomic E-state index is -0.629. The fourth-order valence-electron chi connectivity index (χ4n) is 2.70. The molecule has 132 valence electrons. The highest BCUT2D eigenvalue weighted by atomic mass is 16.6. The van der Waals surface area contributed by atoms with E-state index in [1.54, 1.807) is 6.92 Å². The van der Waals surface area contributed by atoms with Gasteiger partial charge in [0, 0.05) is 5.39 Å². The Balaban J connectivity index is 2.04. The molecule has 0 unspecified atom stereocenters. The van der Waals surface area contributed by atoms with Crippen LogP contribution in [0.25, 0.3) is 10.9 Å². The summed E-state index contributed by atoms with van der Waals surface area (Å²) in [6, 6.07) is 10.3. The number of benzene rings is 1. The summed E-state index contributed by atoms with van der Waals surface area (Å²) in [6.45, 7) is 1.66. The molecule has 0 radical (unpaired) electrons. The molecule has 0 amide bonds. The van der Waals surface area contributed by atoms with Gasteiger partial charge in [-0.3, -0.25) is 0 Å². The lowest BCUT2D eigenvalue weighted by molar-refractivity contribution is -0.390. The summed E-state index contributed by atoms with van der Waals surface area (Å²) in [6.07, 6.45) is 1.31. The Morgan fingerprint density at radius 1 is 1.23 bits per heavy atom. The van der Waals surface area contributed by atoms with Gasteiger partial charge in [-0.15, -0.1) is 0 Å². The topological polar surface area (TPSA) is 104 Å². The number of fused-ring (bicyclic) bond motifs is 1. The summed E-state index contributed by atoms with van der Waals surface area (Å²) in [5.74, 6) is -0.939. The largest absolute Gasteiger partial charge is 0.479 e. The Bertz CT molecular complexity index is 1000. The van der Waals surface area contributed by atoms with Crippen LogP contribution in [0.3, 0.4) is 0 Å². The van der Waals surface area contributed by atoms with Crippen molar-refractivity contribution in [2.45, 2.75) is 13.5 Å². The second kappa shape index (κ2) is 7.14. The fraction of sp³-hybridized carbons (Fsp3) is 0.167.